The summed E-state index contributed by atoms with van der Waals surface area (Å²) in [6.45, 7) is 3.14. The van der Waals surface area contributed by atoms with E-state index in [1.807, 2.05) is 0 Å². The number of ether oxygens (including phenoxy) is 1. The lowest BCUT2D eigenvalue weighted by Crippen LogP contribution is -2.47. The van der Waals surface area contributed by atoms with Gasteiger partial charge in [0.05, 0.1) is 24.6 Å². The van der Waals surface area contributed by atoms with Crippen molar-refractivity contribution in [3.63, 3.8) is 0 Å². The molecule has 1 unspecified atom stereocenters. The van der Waals surface area contributed by atoms with Crippen LogP contribution in [0.2, 0.25) is 0 Å². The molecule has 0 aromatic carbocycles. The third kappa shape index (κ3) is 6.19. The van der Waals surface area contributed by atoms with Crippen LogP contribution in [0.25, 0.3) is 0 Å². The minimum Gasteiger partial charge on any atom is -0.480 e. The Balaban J connectivity index is 2.37. The molecule has 21 heavy (non-hydrogen) atoms. The summed E-state index contributed by atoms with van der Waals surface area (Å²) < 4.78 is 4.99. The Morgan fingerprint density at radius 3 is 2.81 bits per heavy atom. The molecule has 2 amide bonds. The molecular weight excluding hydrogens is 296 g/mol. The zero-order valence-electron chi connectivity index (χ0n) is 11.2. The van der Waals surface area contributed by atoms with Crippen molar-refractivity contribution < 1.29 is 24.2 Å². The lowest BCUT2D eigenvalue weighted by atomic mass is 10.3. The summed E-state index contributed by atoms with van der Waals surface area (Å²) in [5.74, 6) is -2.19. The van der Waals surface area contributed by atoms with Gasteiger partial charge in [0, 0.05) is 0 Å². The van der Waals surface area contributed by atoms with Crippen LogP contribution in [0.3, 0.4) is 0 Å². The molecule has 114 valence electrons. The number of carbonyl (C=O) groups is 3. The second-order valence-electron chi connectivity index (χ2n) is 3.94. The lowest BCUT2D eigenvalue weighted by molar-refractivity contribution is -0.143. The Hall–Kier alpha value is -2.19. The van der Waals surface area contributed by atoms with Crippen LogP contribution in [-0.2, 0) is 14.3 Å². The van der Waals surface area contributed by atoms with Crippen molar-refractivity contribution in [1.82, 2.24) is 10.6 Å². The fourth-order valence-corrected chi connectivity index (χ4v) is 1.98. The van der Waals surface area contributed by atoms with E-state index in [0.29, 0.717) is 4.88 Å². The minimum absolute atomic E-state index is 0.175. The molecule has 0 saturated heterocycles. The number of carboxylic acids is 1. The highest BCUT2D eigenvalue weighted by atomic mass is 32.1. The van der Waals surface area contributed by atoms with Crippen molar-refractivity contribution >= 4 is 29.1 Å². The minimum atomic E-state index is -1.21. The van der Waals surface area contributed by atoms with Gasteiger partial charge in [-0.15, -0.1) is 17.9 Å². The first-order chi connectivity index (χ1) is 10.0. The van der Waals surface area contributed by atoms with E-state index in [1.54, 1.807) is 17.5 Å². The third-order valence-electron chi connectivity index (χ3n) is 2.31. The average Bonchev–Trinajstić information content (AvgIpc) is 2.98. The van der Waals surface area contributed by atoms with Gasteiger partial charge < -0.3 is 20.5 Å². The highest BCUT2D eigenvalue weighted by molar-refractivity contribution is 7.12. The fourth-order valence-electron chi connectivity index (χ4n) is 1.34. The van der Waals surface area contributed by atoms with E-state index >= 15 is 0 Å². The van der Waals surface area contributed by atoms with Gasteiger partial charge in [-0.2, -0.15) is 0 Å². The Kier molecular flexibility index (Phi) is 7.13. The molecule has 1 atom stereocenters. The zero-order chi connectivity index (χ0) is 15.7. The molecule has 8 heteroatoms. The van der Waals surface area contributed by atoms with Gasteiger partial charge >= 0.3 is 5.97 Å². The second kappa shape index (κ2) is 8.88. The molecule has 0 aliphatic carbocycles. The largest absolute Gasteiger partial charge is 0.480 e. The van der Waals surface area contributed by atoms with E-state index in [-0.39, 0.29) is 25.7 Å². The number of rotatable bonds is 9. The van der Waals surface area contributed by atoms with E-state index in [2.05, 4.69) is 17.2 Å². The maximum absolute atomic E-state index is 11.6. The van der Waals surface area contributed by atoms with Gasteiger partial charge in [0.25, 0.3) is 5.91 Å². The maximum Gasteiger partial charge on any atom is 0.328 e. The normalized spacial score (nSPS) is 11.4. The predicted octanol–water partition coefficient (Wildman–Crippen LogP) is 0.250. The van der Waals surface area contributed by atoms with Crippen molar-refractivity contribution in [2.75, 3.05) is 19.8 Å². The summed E-state index contributed by atoms with van der Waals surface area (Å²) in [4.78, 5) is 34.6. The first kappa shape index (κ1) is 16.9. The molecule has 0 aliphatic rings. The molecule has 7 nitrogen and oxygen atoms in total. The van der Waals surface area contributed by atoms with Crippen molar-refractivity contribution in [2.24, 2.45) is 0 Å². The second-order valence-corrected chi connectivity index (χ2v) is 4.89. The van der Waals surface area contributed by atoms with Crippen molar-refractivity contribution in [2.45, 2.75) is 6.04 Å². The summed E-state index contributed by atoms with van der Waals surface area (Å²) >= 11 is 1.25. The molecule has 1 heterocycles. The van der Waals surface area contributed by atoms with Crippen LogP contribution in [0.15, 0.2) is 30.2 Å². The zero-order valence-corrected chi connectivity index (χ0v) is 12.0. The van der Waals surface area contributed by atoms with Gasteiger partial charge in [0.15, 0.2) is 6.04 Å². The van der Waals surface area contributed by atoms with E-state index < -0.39 is 17.9 Å². The van der Waals surface area contributed by atoms with Gasteiger partial charge in [-0.3, -0.25) is 9.59 Å². The quantitative estimate of drug-likeness (QED) is 0.448. The lowest BCUT2D eigenvalue weighted by Gasteiger charge is -2.14. The smallest absolute Gasteiger partial charge is 0.328 e. The van der Waals surface area contributed by atoms with E-state index in [1.165, 1.54) is 17.4 Å². The number of carboxylic acid groups (broad SMARTS) is 1. The van der Waals surface area contributed by atoms with Crippen LogP contribution < -0.4 is 10.6 Å². The highest BCUT2D eigenvalue weighted by Gasteiger charge is 2.20. The standard InChI is InChI=1S/C13H16N2O5S/c1-2-5-20-8-9(13(18)19)15-11(16)7-14-12(17)10-4-3-6-21-10/h2-4,6,9H,1,5,7-8H2,(H,14,17)(H,15,16)(H,18,19). The van der Waals surface area contributed by atoms with Gasteiger partial charge in [-0.05, 0) is 11.4 Å². The van der Waals surface area contributed by atoms with Crippen molar-refractivity contribution in [3.8, 4) is 0 Å². The van der Waals surface area contributed by atoms with Crippen LogP contribution in [0, 0.1) is 0 Å². The monoisotopic (exact) mass is 312 g/mol. The van der Waals surface area contributed by atoms with Crippen LogP contribution in [0.4, 0.5) is 0 Å². The summed E-state index contributed by atoms with van der Waals surface area (Å²) in [7, 11) is 0. The topological polar surface area (TPSA) is 105 Å². The van der Waals surface area contributed by atoms with E-state index in [4.69, 9.17) is 9.84 Å². The van der Waals surface area contributed by atoms with E-state index in [9.17, 15) is 14.4 Å². The number of thiophene rings is 1. The Morgan fingerprint density at radius 2 is 2.24 bits per heavy atom. The molecule has 0 radical (unpaired) electrons. The molecule has 1 rings (SSSR count). The molecule has 0 bridgehead atoms. The number of aliphatic carboxylic acids is 1. The van der Waals surface area contributed by atoms with Crippen LogP contribution in [0.1, 0.15) is 9.67 Å². The molecule has 0 fully saturated rings. The first-order valence-electron chi connectivity index (χ1n) is 6.07. The third-order valence-corrected chi connectivity index (χ3v) is 3.18. The number of nitrogens with one attached hydrogen (secondary N) is 2. The van der Waals surface area contributed by atoms with E-state index in [0.717, 1.165) is 0 Å². The molecular formula is C13H16N2O5S. The fraction of sp³-hybridized carbons (Fsp3) is 0.308. The molecule has 3 N–H and O–H groups in total. The highest BCUT2D eigenvalue weighted by Crippen LogP contribution is 2.07. The summed E-state index contributed by atoms with van der Waals surface area (Å²) in [6, 6.07) is 2.18. The van der Waals surface area contributed by atoms with Crippen molar-refractivity contribution in [1.29, 1.82) is 0 Å². The molecule has 0 spiro atoms. The van der Waals surface area contributed by atoms with Gasteiger partial charge in [0.1, 0.15) is 0 Å². The van der Waals surface area contributed by atoms with Crippen LogP contribution in [-0.4, -0.2) is 48.7 Å². The number of hydrogen-bond acceptors (Lipinski definition) is 5. The van der Waals surface area contributed by atoms with Gasteiger partial charge in [-0.25, -0.2) is 4.79 Å². The average molecular weight is 312 g/mol. The summed E-state index contributed by atoms with van der Waals surface area (Å²) in [6.07, 6.45) is 1.47. The number of carbonyl (C=O) groups excluding carboxylic acids is 2. The summed E-state index contributed by atoms with van der Waals surface area (Å²) in [5, 5.41) is 15.4. The first-order valence-corrected chi connectivity index (χ1v) is 6.95. The maximum atomic E-state index is 11.6. The Bertz CT molecular complexity index is 501. The van der Waals surface area contributed by atoms with Gasteiger partial charge in [-0.1, -0.05) is 12.1 Å². The Morgan fingerprint density at radius 1 is 1.48 bits per heavy atom. The summed E-state index contributed by atoms with van der Waals surface area (Å²) in [5.41, 5.74) is 0. The van der Waals surface area contributed by atoms with Crippen LogP contribution >= 0.6 is 11.3 Å². The SMILES string of the molecule is C=CCOCC(NC(=O)CNC(=O)c1cccs1)C(=O)O. The molecule has 0 saturated carbocycles. The van der Waals surface area contributed by atoms with Crippen LogP contribution in [0.5, 0.6) is 0 Å². The molecule has 1 aromatic rings. The molecule has 1 aromatic heterocycles. The number of hydrogen-bond donors (Lipinski definition) is 3. The van der Waals surface area contributed by atoms with Gasteiger partial charge in [0.2, 0.25) is 5.91 Å². The van der Waals surface area contributed by atoms with Crippen molar-refractivity contribution in [3.05, 3.63) is 35.0 Å². The number of amides is 2. The molecule has 0 aliphatic heterocycles. The predicted molar refractivity (Wildman–Crippen MR) is 77.2 cm³/mol. The Labute approximate surface area is 125 Å².